The summed E-state index contributed by atoms with van der Waals surface area (Å²) in [5.74, 6) is 0. The Balaban J connectivity index is 0.00000162. The van der Waals surface area contributed by atoms with Crippen molar-refractivity contribution in [1.82, 2.24) is 0 Å². The van der Waals surface area contributed by atoms with Crippen molar-refractivity contribution in [2.24, 2.45) is 11.5 Å². The van der Waals surface area contributed by atoms with E-state index >= 15 is 0 Å². The van der Waals surface area contributed by atoms with Gasteiger partial charge in [-0.1, -0.05) is 60.7 Å². The molecule has 0 aromatic heterocycles. The van der Waals surface area contributed by atoms with E-state index in [9.17, 15) is 0 Å². The van der Waals surface area contributed by atoms with Gasteiger partial charge in [0.15, 0.2) is 0 Å². The normalized spacial score (nSPS) is 12.7. The lowest BCUT2D eigenvalue weighted by molar-refractivity contribution is 0.544. The second-order valence-corrected chi connectivity index (χ2v) is 4.29. The summed E-state index contributed by atoms with van der Waals surface area (Å²) in [7, 11) is 0. The highest BCUT2D eigenvalue weighted by Crippen LogP contribution is 2.15. The molecule has 0 saturated carbocycles. The molecule has 0 radical (unpaired) electrons. The number of benzene rings is 2. The summed E-state index contributed by atoms with van der Waals surface area (Å²) in [6, 6.07) is 20.1. The molecule has 19 heavy (non-hydrogen) atoms. The Morgan fingerprint density at radius 2 is 1.21 bits per heavy atom. The van der Waals surface area contributed by atoms with E-state index < -0.39 is 0 Å². The molecule has 0 aliphatic carbocycles. The number of halogens is 2. The monoisotopic (exact) mass is 298 g/mol. The Labute approximate surface area is 127 Å². The number of nitrogens with two attached hydrogens (primary N) is 2. The Kier molecular flexibility index (Phi) is 8.44. The number of hydrogen-bond donors (Lipinski definition) is 2. The lowest BCUT2D eigenvalue weighted by Gasteiger charge is -2.20. The molecule has 0 bridgehead atoms. The molecule has 0 aliphatic heterocycles. The van der Waals surface area contributed by atoms with E-state index in [2.05, 4.69) is 12.1 Å². The van der Waals surface area contributed by atoms with Crippen LogP contribution >= 0.6 is 24.8 Å². The molecule has 0 spiro atoms. The predicted molar refractivity (Wildman–Crippen MR) is 86.0 cm³/mol. The van der Waals surface area contributed by atoms with Crippen LogP contribution < -0.4 is 11.5 Å². The molecule has 4 heteroatoms. The van der Waals surface area contributed by atoms with Crippen molar-refractivity contribution in [3.05, 3.63) is 71.8 Å². The van der Waals surface area contributed by atoms with Gasteiger partial charge in [0.1, 0.15) is 0 Å². The average molecular weight is 299 g/mol. The third-order valence-electron chi connectivity index (χ3n) is 2.96. The lowest BCUT2D eigenvalue weighted by atomic mass is 9.95. The first kappa shape index (κ1) is 17.9. The summed E-state index contributed by atoms with van der Waals surface area (Å²) in [5, 5.41) is 0. The fourth-order valence-corrected chi connectivity index (χ4v) is 1.94. The molecule has 0 heterocycles. The van der Waals surface area contributed by atoms with Gasteiger partial charge in [0.25, 0.3) is 0 Å². The van der Waals surface area contributed by atoms with Crippen LogP contribution in [0.2, 0.25) is 0 Å². The molecule has 0 aliphatic rings. The summed E-state index contributed by atoms with van der Waals surface area (Å²) < 4.78 is 0. The van der Waals surface area contributed by atoms with Crippen molar-refractivity contribution >= 4 is 24.8 Å². The zero-order chi connectivity index (χ0) is 12.1. The summed E-state index contributed by atoms with van der Waals surface area (Å²) in [6.45, 7) is 0. The van der Waals surface area contributed by atoms with Crippen molar-refractivity contribution < 1.29 is 0 Å². The fraction of sp³-hybridized carbons (Fsp3) is 0.200. The van der Waals surface area contributed by atoms with Crippen LogP contribution in [0.25, 0.3) is 0 Å². The molecule has 0 fully saturated rings. The van der Waals surface area contributed by atoms with Gasteiger partial charge in [0.2, 0.25) is 0 Å². The molecule has 0 amide bonds. The highest BCUT2D eigenvalue weighted by Gasteiger charge is 2.15. The van der Waals surface area contributed by atoms with Gasteiger partial charge in [0.05, 0.1) is 0 Å². The van der Waals surface area contributed by atoms with Crippen molar-refractivity contribution in [3.63, 3.8) is 0 Å². The second-order valence-electron chi connectivity index (χ2n) is 4.29. The van der Waals surface area contributed by atoms with Gasteiger partial charge >= 0.3 is 0 Å². The zero-order valence-electron chi connectivity index (χ0n) is 10.6. The summed E-state index contributed by atoms with van der Waals surface area (Å²) in [4.78, 5) is 0. The molecule has 104 valence electrons. The van der Waals surface area contributed by atoms with E-state index in [0.717, 1.165) is 12.0 Å². The van der Waals surface area contributed by atoms with Crippen LogP contribution in [0.4, 0.5) is 0 Å². The van der Waals surface area contributed by atoms with Crippen LogP contribution in [0.1, 0.15) is 17.2 Å². The third-order valence-corrected chi connectivity index (χ3v) is 2.96. The Hall–Kier alpha value is -1.06. The maximum absolute atomic E-state index is 6.16. The Morgan fingerprint density at radius 1 is 0.737 bits per heavy atom. The molecule has 2 unspecified atom stereocenters. The van der Waals surface area contributed by atoms with Gasteiger partial charge in [-0.3, -0.25) is 0 Å². The fourth-order valence-electron chi connectivity index (χ4n) is 1.94. The molecule has 2 aromatic rings. The standard InChI is InChI=1S/C15H18N2.2ClH/c16-14(11-12-7-3-1-4-8-12)15(17)13-9-5-2-6-10-13;;/h1-10,14-15H,11,16-17H2;2*1H. The smallest absolute Gasteiger partial charge is 0.0451 e. The lowest BCUT2D eigenvalue weighted by Crippen LogP contribution is -2.35. The van der Waals surface area contributed by atoms with Crippen LogP contribution in [-0.2, 0) is 6.42 Å². The quantitative estimate of drug-likeness (QED) is 0.911. The van der Waals surface area contributed by atoms with E-state index in [1.807, 2.05) is 48.5 Å². The van der Waals surface area contributed by atoms with Crippen molar-refractivity contribution in [2.45, 2.75) is 18.5 Å². The molecule has 2 aromatic carbocycles. The summed E-state index contributed by atoms with van der Waals surface area (Å²) >= 11 is 0. The van der Waals surface area contributed by atoms with Gasteiger partial charge in [-0.15, -0.1) is 24.8 Å². The molecule has 2 atom stereocenters. The predicted octanol–water partition coefficient (Wildman–Crippen LogP) is 3.10. The van der Waals surface area contributed by atoms with Crippen LogP contribution in [-0.4, -0.2) is 6.04 Å². The maximum atomic E-state index is 6.16. The van der Waals surface area contributed by atoms with E-state index in [1.165, 1.54) is 5.56 Å². The Morgan fingerprint density at radius 3 is 1.74 bits per heavy atom. The van der Waals surface area contributed by atoms with E-state index in [4.69, 9.17) is 11.5 Å². The number of rotatable bonds is 4. The number of hydrogen-bond acceptors (Lipinski definition) is 2. The van der Waals surface area contributed by atoms with Crippen molar-refractivity contribution in [1.29, 1.82) is 0 Å². The first-order valence-corrected chi connectivity index (χ1v) is 5.87. The SMILES string of the molecule is Cl.Cl.NC(Cc1ccccc1)C(N)c1ccccc1. The van der Waals surface area contributed by atoms with Gasteiger partial charge < -0.3 is 11.5 Å². The van der Waals surface area contributed by atoms with Gasteiger partial charge in [-0.05, 0) is 17.5 Å². The van der Waals surface area contributed by atoms with Crippen LogP contribution in [0, 0.1) is 0 Å². The van der Waals surface area contributed by atoms with E-state index in [0.29, 0.717) is 0 Å². The van der Waals surface area contributed by atoms with Crippen LogP contribution in [0.5, 0.6) is 0 Å². The topological polar surface area (TPSA) is 52.0 Å². The molecule has 2 nitrogen and oxygen atoms in total. The summed E-state index contributed by atoms with van der Waals surface area (Å²) in [6.07, 6.45) is 0.802. The first-order valence-electron chi connectivity index (χ1n) is 5.87. The average Bonchev–Trinajstić information content (AvgIpc) is 2.40. The van der Waals surface area contributed by atoms with E-state index in [1.54, 1.807) is 0 Å². The third kappa shape index (κ3) is 5.21. The molecule has 2 rings (SSSR count). The van der Waals surface area contributed by atoms with Crippen molar-refractivity contribution in [3.8, 4) is 0 Å². The molecule has 0 saturated heterocycles. The first-order chi connectivity index (χ1) is 8.27. The minimum absolute atomic E-state index is 0. The molecular weight excluding hydrogens is 279 g/mol. The van der Waals surface area contributed by atoms with Gasteiger partial charge in [-0.25, -0.2) is 0 Å². The van der Waals surface area contributed by atoms with Crippen LogP contribution in [0.3, 0.4) is 0 Å². The van der Waals surface area contributed by atoms with E-state index in [-0.39, 0.29) is 36.9 Å². The molecular formula is C15H20Cl2N2. The van der Waals surface area contributed by atoms with Crippen LogP contribution in [0.15, 0.2) is 60.7 Å². The van der Waals surface area contributed by atoms with Gasteiger partial charge in [0, 0.05) is 12.1 Å². The second kappa shape index (κ2) is 8.94. The highest BCUT2D eigenvalue weighted by atomic mass is 35.5. The zero-order valence-corrected chi connectivity index (χ0v) is 12.2. The minimum atomic E-state index is -0.114. The Bertz CT molecular complexity index is 448. The van der Waals surface area contributed by atoms with Crippen molar-refractivity contribution in [2.75, 3.05) is 0 Å². The highest BCUT2D eigenvalue weighted by molar-refractivity contribution is 5.85. The minimum Gasteiger partial charge on any atom is -0.326 e. The largest absolute Gasteiger partial charge is 0.326 e. The van der Waals surface area contributed by atoms with Gasteiger partial charge in [-0.2, -0.15) is 0 Å². The molecule has 4 N–H and O–H groups in total. The summed E-state index contributed by atoms with van der Waals surface area (Å²) in [5.41, 5.74) is 14.6. The maximum Gasteiger partial charge on any atom is 0.0451 e.